The summed E-state index contributed by atoms with van der Waals surface area (Å²) in [7, 11) is 0. The zero-order chi connectivity index (χ0) is 19.5. The van der Waals surface area contributed by atoms with Crippen LogP contribution in [-0.2, 0) is 4.79 Å². The van der Waals surface area contributed by atoms with Gasteiger partial charge < -0.3 is 20.0 Å². The minimum absolute atomic E-state index is 0.0946. The lowest BCUT2D eigenvalue weighted by Crippen LogP contribution is -2.43. The fourth-order valence-corrected chi connectivity index (χ4v) is 3.23. The molecule has 6 nitrogen and oxygen atoms in total. The van der Waals surface area contributed by atoms with Crippen molar-refractivity contribution in [2.75, 3.05) is 16.8 Å². The van der Waals surface area contributed by atoms with Gasteiger partial charge in [-0.1, -0.05) is 42.5 Å². The molecule has 1 amide bonds. The van der Waals surface area contributed by atoms with Crippen molar-refractivity contribution in [3.63, 3.8) is 0 Å². The summed E-state index contributed by atoms with van der Waals surface area (Å²) in [5.74, 6) is -0.958. The number of nitrogens with one attached hydrogen (secondary N) is 1. The van der Waals surface area contributed by atoms with E-state index in [1.807, 2.05) is 48.5 Å². The molecule has 6 heteroatoms. The molecule has 0 radical (unpaired) electrons. The summed E-state index contributed by atoms with van der Waals surface area (Å²) in [6.07, 6.45) is -0.417. The van der Waals surface area contributed by atoms with Crippen molar-refractivity contribution in [1.29, 1.82) is 0 Å². The summed E-state index contributed by atoms with van der Waals surface area (Å²) in [5, 5.41) is 14.0. The third-order valence-electron chi connectivity index (χ3n) is 4.51. The van der Waals surface area contributed by atoms with Crippen LogP contribution in [0.1, 0.15) is 22.1 Å². The lowest BCUT2D eigenvalue weighted by molar-refractivity contribution is -0.307. The summed E-state index contributed by atoms with van der Waals surface area (Å²) in [6.45, 7) is -0.511. The number of fused-ring (bicyclic) bond motifs is 1. The van der Waals surface area contributed by atoms with Crippen LogP contribution in [0.25, 0.3) is 0 Å². The highest BCUT2D eigenvalue weighted by atomic mass is 16.5. The lowest BCUT2D eigenvalue weighted by Gasteiger charge is -2.38. The molecular formula is C22H17N2O4-. The molecular weight excluding hydrogens is 356 g/mol. The van der Waals surface area contributed by atoms with Crippen molar-refractivity contribution in [3.8, 4) is 5.75 Å². The second kappa shape index (κ2) is 7.44. The fourth-order valence-electron chi connectivity index (χ4n) is 3.23. The number of amides is 1. The SMILES string of the molecule is O=C([O-])COc1ccc([C@H]2Nc3ccccc3C(=O)N2c2ccccc2)cc1. The molecule has 0 saturated carbocycles. The van der Waals surface area contributed by atoms with E-state index in [1.54, 1.807) is 35.2 Å². The molecule has 140 valence electrons. The number of para-hydroxylation sites is 2. The van der Waals surface area contributed by atoms with Gasteiger partial charge in [0.15, 0.2) is 0 Å². The van der Waals surface area contributed by atoms with Crippen LogP contribution in [0, 0.1) is 0 Å². The zero-order valence-electron chi connectivity index (χ0n) is 14.9. The van der Waals surface area contributed by atoms with Gasteiger partial charge in [-0.3, -0.25) is 9.69 Å². The molecule has 28 heavy (non-hydrogen) atoms. The number of nitrogens with zero attached hydrogens (tertiary/aromatic N) is 1. The Morgan fingerprint density at radius 2 is 1.64 bits per heavy atom. The van der Waals surface area contributed by atoms with Gasteiger partial charge in [-0.25, -0.2) is 0 Å². The number of carbonyl (C=O) groups is 2. The average molecular weight is 373 g/mol. The standard InChI is InChI=1S/C22H18N2O4/c25-20(26)14-28-17-12-10-15(11-13-17)21-23-19-9-5-4-8-18(19)22(27)24(21)16-6-2-1-3-7-16/h1-13,21,23H,14H2,(H,25,26)/p-1/t21-/m0/s1. The Morgan fingerprint density at radius 3 is 2.36 bits per heavy atom. The minimum Gasteiger partial charge on any atom is -0.546 e. The monoisotopic (exact) mass is 373 g/mol. The summed E-state index contributed by atoms with van der Waals surface area (Å²) in [4.78, 5) is 25.5. The number of hydrogen-bond donors (Lipinski definition) is 1. The van der Waals surface area contributed by atoms with Gasteiger partial charge in [0.1, 0.15) is 18.5 Å². The number of aliphatic carboxylic acids is 1. The van der Waals surface area contributed by atoms with E-state index in [-0.39, 0.29) is 5.91 Å². The highest BCUT2D eigenvalue weighted by Gasteiger charge is 2.33. The molecule has 0 fully saturated rings. The Balaban J connectivity index is 1.71. The Labute approximate surface area is 162 Å². The largest absolute Gasteiger partial charge is 0.546 e. The number of anilines is 2. The maximum Gasteiger partial charge on any atom is 0.262 e. The molecule has 0 bridgehead atoms. The van der Waals surface area contributed by atoms with Crippen LogP contribution in [0.3, 0.4) is 0 Å². The Kier molecular flexibility index (Phi) is 4.68. The first-order valence-electron chi connectivity index (χ1n) is 8.80. The van der Waals surface area contributed by atoms with Crippen LogP contribution >= 0.6 is 0 Å². The summed E-state index contributed by atoms with van der Waals surface area (Å²) in [6, 6.07) is 23.8. The summed E-state index contributed by atoms with van der Waals surface area (Å²) < 4.78 is 5.14. The molecule has 1 heterocycles. The van der Waals surface area contributed by atoms with Crippen molar-refractivity contribution in [2.24, 2.45) is 0 Å². The molecule has 4 rings (SSSR count). The number of hydrogen-bond acceptors (Lipinski definition) is 5. The van der Waals surface area contributed by atoms with Crippen LogP contribution in [0.5, 0.6) is 5.75 Å². The van der Waals surface area contributed by atoms with E-state index in [1.165, 1.54) is 0 Å². The van der Waals surface area contributed by atoms with Gasteiger partial charge >= 0.3 is 0 Å². The second-order valence-corrected chi connectivity index (χ2v) is 6.33. The van der Waals surface area contributed by atoms with Crippen LogP contribution in [0.2, 0.25) is 0 Å². The maximum absolute atomic E-state index is 13.2. The summed E-state index contributed by atoms with van der Waals surface area (Å²) >= 11 is 0. The molecule has 0 aromatic heterocycles. The molecule has 3 aromatic carbocycles. The molecule has 0 spiro atoms. The van der Waals surface area contributed by atoms with E-state index in [0.29, 0.717) is 11.3 Å². The molecule has 0 unspecified atom stereocenters. The topological polar surface area (TPSA) is 81.7 Å². The van der Waals surface area contributed by atoms with Gasteiger partial charge in [0, 0.05) is 11.4 Å². The van der Waals surface area contributed by atoms with Gasteiger partial charge in [0.05, 0.1) is 11.5 Å². The van der Waals surface area contributed by atoms with Crippen molar-refractivity contribution in [1.82, 2.24) is 0 Å². The smallest absolute Gasteiger partial charge is 0.262 e. The quantitative estimate of drug-likeness (QED) is 0.743. The van der Waals surface area contributed by atoms with Gasteiger partial charge in [-0.15, -0.1) is 0 Å². The number of carboxylic acid groups (broad SMARTS) is 1. The Hall–Kier alpha value is -3.80. The highest BCUT2D eigenvalue weighted by Crippen LogP contribution is 2.36. The van der Waals surface area contributed by atoms with Crippen molar-refractivity contribution < 1.29 is 19.4 Å². The van der Waals surface area contributed by atoms with E-state index in [4.69, 9.17) is 4.74 Å². The zero-order valence-corrected chi connectivity index (χ0v) is 14.9. The first-order chi connectivity index (χ1) is 13.6. The predicted octanol–water partition coefficient (Wildman–Crippen LogP) is 2.59. The third-order valence-corrected chi connectivity index (χ3v) is 4.51. The normalized spacial score (nSPS) is 15.5. The molecule has 3 aromatic rings. The van der Waals surface area contributed by atoms with E-state index >= 15 is 0 Å². The van der Waals surface area contributed by atoms with Crippen LogP contribution < -0.4 is 20.1 Å². The van der Waals surface area contributed by atoms with Crippen molar-refractivity contribution >= 4 is 23.3 Å². The van der Waals surface area contributed by atoms with Gasteiger partial charge in [-0.2, -0.15) is 0 Å². The van der Waals surface area contributed by atoms with E-state index < -0.39 is 18.7 Å². The van der Waals surface area contributed by atoms with Gasteiger partial charge in [0.25, 0.3) is 5.91 Å². The van der Waals surface area contributed by atoms with Gasteiger partial charge in [-0.05, 0) is 42.0 Å². The fraction of sp³-hybridized carbons (Fsp3) is 0.0909. The Morgan fingerprint density at radius 1 is 0.964 bits per heavy atom. The van der Waals surface area contributed by atoms with Crippen LogP contribution in [0.4, 0.5) is 11.4 Å². The number of benzene rings is 3. The van der Waals surface area contributed by atoms with Gasteiger partial charge in [0.2, 0.25) is 0 Å². The number of ether oxygens (including phenoxy) is 1. The number of carbonyl (C=O) groups excluding carboxylic acids is 2. The highest BCUT2D eigenvalue weighted by molar-refractivity contribution is 6.12. The molecule has 0 saturated heterocycles. The van der Waals surface area contributed by atoms with E-state index in [0.717, 1.165) is 16.9 Å². The van der Waals surface area contributed by atoms with Crippen LogP contribution in [-0.4, -0.2) is 18.5 Å². The van der Waals surface area contributed by atoms with E-state index in [2.05, 4.69) is 5.32 Å². The summed E-state index contributed by atoms with van der Waals surface area (Å²) in [5.41, 5.74) is 2.99. The lowest BCUT2D eigenvalue weighted by atomic mass is 10.0. The molecule has 1 aliphatic rings. The molecule has 1 atom stereocenters. The first kappa shape index (κ1) is 17.6. The third kappa shape index (κ3) is 3.40. The van der Waals surface area contributed by atoms with Crippen molar-refractivity contribution in [2.45, 2.75) is 6.17 Å². The maximum atomic E-state index is 13.2. The number of rotatable bonds is 5. The number of carboxylic acids is 1. The average Bonchev–Trinajstić information content (AvgIpc) is 2.73. The Bertz CT molecular complexity index is 1000. The molecule has 1 aliphatic heterocycles. The van der Waals surface area contributed by atoms with Crippen LogP contribution in [0.15, 0.2) is 78.9 Å². The minimum atomic E-state index is -1.28. The first-order valence-corrected chi connectivity index (χ1v) is 8.80. The molecule has 1 N–H and O–H groups in total. The molecule has 0 aliphatic carbocycles. The van der Waals surface area contributed by atoms with Crippen molar-refractivity contribution in [3.05, 3.63) is 90.0 Å². The van der Waals surface area contributed by atoms with E-state index in [9.17, 15) is 14.7 Å². The predicted molar refractivity (Wildman–Crippen MR) is 103 cm³/mol. The second-order valence-electron chi connectivity index (χ2n) is 6.33.